The first kappa shape index (κ1) is 15.9. The number of methoxy groups -OCH3 is 1. The maximum atomic E-state index is 11.7. The van der Waals surface area contributed by atoms with Crippen LogP contribution < -0.4 is 14.8 Å². The number of halogens is 1. The Balaban J connectivity index is 2.49. The van der Waals surface area contributed by atoms with Gasteiger partial charge in [0, 0.05) is 10.0 Å². The Labute approximate surface area is 140 Å². The first-order chi connectivity index (χ1) is 10.0. The number of nitrogens with one attached hydrogen (secondary N) is 1. The van der Waals surface area contributed by atoms with Crippen LogP contribution >= 0.6 is 39.9 Å². The molecule has 2 rings (SSSR count). The maximum Gasteiger partial charge on any atom is 0.263 e. The van der Waals surface area contributed by atoms with E-state index in [0.29, 0.717) is 26.3 Å². The van der Waals surface area contributed by atoms with Crippen LogP contribution in [0, 0.1) is 12.3 Å². The highest BCUT2D eigenvalue weighted by Gasteiger charge is 2.23. The first-order valence-electron chi connectivity index (χ1n) is 5.73. The van der Waals surface area contributed by atoms with Gasteiger partial charge in [0.15, 0.2) is 11.5 Å². The number of ether oxygens (including phenoxy) is 2. The van der Waals surface area contributed by atoms with Crippen molar-refractivity contribution in [3.8, 4) is 23.8 Å². The van der Waals surface area contributed by atoms with Crippen LogP contribution in [0.25, 0.3) is 6.08 Å². The van der Waals surface area contributed by atoms with E-state index in [0.717, 1.165) is 4.47 Å². The average molecular weight is 384 g/mol. The van der Waals surface area contributed by atoms with Gasteiger partial charge in [-0.05, 0) is 18.2 Å². The molecule has 4 nitrogen and oxygen atoms in total. The van der Waals surface area contributed by atoms with E-state index >= 15 is 0 Å². The zero-order valence-electron chi connectivity index (χ0n) is 10.9. The van der Waals surface area contributed by atoms with E-state index in [-0.39, 0.29) is 12.5 Å². The van der Waals surface area contributed by atoms with E-state index < -0.39 is 0 Å². The molecule has 0 spiro atoms. The van der Waals surface area contributed by atoms with Gasteiger partial charge in [0.25, 0.3) is 5.91 Å². The second-order valence-corrected chi connectivity index (χ2v) is 6.51. The Morgan fingerprint density at radius 3 is 2.90 bits per heavy atom. The molecule has 1 aliphatic rings. The molecule has 108 valence electrons. The molecule has 0 saturated carbocycles. The summed E-state index contributed by atoms with van der Waals surface area (Å²) in [5.41, 5.74) is 0.679. The average Bonchev–Trinajstić information content (AvgIpc) is 2.75. The summed E-state index contributed by atoms with van der Waals surface area (Å²) in [4.78, 5) is 12.2. The molecule has 1 saturated heterocycles. The zero-order chi connectivity index (χ0) is 15.4. The van der Waals surface area contributed by atoms with E-state index in [2.05, 4.69) is 27.2 Å². The lowest BCUT2D eigenvalue weighted by Gasteiger charge is -2.12. The third kappa shape index (κ3) is 3.79. The van der Waals surface area contributed by atoms with Gasteiger partial charge in [0.1, 0.15) is 10.9 Å². The van der Waals surface area contributed by atoms with Gasteiger partial charge in [0.05, 0.1) is 12.0 Å². The van der Waals surface area contributed by atoms with Crippen molar-refractivity contribution in [3.63, 3.8) is 0 Å². The summed E-state index contributed by atoms with van der Waals surface area (Å²) in [6.45, 7) is 0.103. The minimum absolute atomic E-state index is 0.103. The van der Waals surface area contributed by atoms with Gasteiger partial charge < -0.3 is 14.8 Å². The molecule has 0 aliphatic carbocycles. The SMILES string of the molecule is C#CCOc1c(/C=C2\SC(=S)NC2=O)cc(Br)cc1OC. The third-order valence-electron chi connectivity index (χ3n) is 2.50. The Hall–Kier alpha value is -1.49. The highest BCUT2D eigenvalue weighted by atomic mass is 79.9. The van der Waals surface area contributed by atoms with Crippen molar-refractivity contribution in [2.75, 3.05) is 13.7 Å². The molecule has 0 radical (unpaired) electrons. The molecule has 1 aliphatic heterocycles. The summed E-state index contributed by atoms with van der Waals surface area (Å²) < 4.78 is 12.1. The molecule has 0 atom stereocenters. The molecule has 1 aromatic rings. The van der Waals surface area contributed by atoms with Gasteiger partial charge in [-0.25, -0.2) is 0 Å². The fraction of sp³-hybridized carbons (Fsp3) is 0.143. The van der Waals surface area contributed by atoms with Crippen molar-refractivity contribution in [2.24, 2.45) is 0 Å². The van der Waals surface area contributed by atoms with E-state index in [1.54, 1.807) is 12.1 Å². The van der Waals surface area contributed by atoms with Gasteiger partial charge in [0.2, 0.25) is 0 Å². The molecule has 0 unspecified atom stereocenters. The first-order valence-corrected chi connectivity index (χ1v) is 7.75. The van der Waals surface area contributed by atoms with Crippen LogP contribution in [0.2, 0.25) is 0 Å². The minimum Gasteiger partial charge on any atom is -0.493 e. The second-order valence-electron chi connectivity index (χ2n) is 3.87. The molecule has 21 heavy (non-hydrogen) atoms. The van der Waals surface area contributed by atoms with E-state index in [9.17, 15) is 4.79 Å². The Bertz CT molecular complexity index is 680. The Morgan fingerprint density at radius 1 is 1.57 bits per heavy atom. The maximum absolute atomic E-state index is 11.7. The van der Waals surface area contributed by atoms with Crippen LogP contribution in [0.1, 0.15) is 5.56 Å². The van der Waals surface area contributed by atoms with E-state index in [1.165, 1.54) is 18.9 Å². The fourth-order valence-corrected chi connectivity index (χ4v) is 3.17. The standard InChI is InChI=1S/C14H10BrNO3S2/c1-3-4-19-12-8(5-9(15)7-10(12)18-2)6-11-13(17)16-14(20)21-11/h1,5-7H,4H2,2H3,(H,16,17,20)/b11-6-. The van der Waals surface area contributed by atoms with Crippen molar-refractivity contribution >= 4 is 56.2 Å². The molecule has 7 heteroatoms. The van der Waals surface area contributed by atoms with Gasteiger partial charge in [-0.3, -0.25) is 4.79 Å². The Kier molecular flexibility index (Phi) is 5.28. The lowest BCUT2D eigenvalue weighted by Crippen LogP contribution is -2.17. The van der Waals surface area contributed by atoms with Gasteiger partial charge in [-0.15, -0.1) is 6.42 Å². The number of benzene rings is 1. The lowest BCUT2D eigenvalue weighted by molar-refractivity contribution is -0.115. The van der Waals surface area contributed by atoms with Crippen LogP contribution in [0.3, 0.4) is 0 Å². The van der Waals surface area contributed by atoms with Crippen LogP contribution in [-0.4, -0.2) is 23.9 Å². The number of thiocarbonyl (C=S) groups is 1. The predicted molar refractivity (Wildman–Crippen MR) is 91.3 cm³/mol. The predicted octanol–water partition coefficient (Wildman–Crippen LogP) is 2.96. The second kappa shape index (κ2) is 6.98. The number of rotatable bonds is 4. The molecule has 1 N–H and O–H groups in total. The summed E-state index contributed by atoms with van der Waals surface area (Å²) in [6, 6.07) is 3.58. The van der Waals surface area contributed by atoms with Crippen LogP contribution in [0.5, 0.6) is 11.5 Å². The fourth-order valence-electron chi connectivity index (χ4n) is 1.68. The summed E-state index contributed by atoms with van der Waals surface area (Å²) in [7, 11) is 1.54. The Morgan fingerprint density at radius 2 is 2.33 bits per heavy atom. The summed E-state index contributed by atoms with van der Waals surface area (Å²) in [5, 5.41) is 2.56. The number of hydrogen-bond acceptors (Lipinski definition) is 5. The van der Waals surface area contributed by atoms with Crippen molar-refractivity contribution in [3.05, 3.63) is 27.1 Å². The quantitative estimate of drug-likeness (QED) is 0.492. The van der Waals surface area contributed by atoms with Crippen molar-refractivity contribution in [2.45, 2.75) is 0 Å². The molecule has 1 heterocycles. The monoisotopic (exact) mass is 383 g/mol. The molecule has 1 amide bonds. The summed E-state index contributed by atoms with van der Waals surface area (Å²) in [5.74, 6) is 3.18. The van der Waals surface area contributed by atoms with E-state index in [1.807, 2.05) is 6.07 Å². The molecule has 0 aromatic heterocycles. The van der Waals surface area contributed by atoms with Crippen molar-refractivity contribution in [1.82, 2.24) is 5.32 Å². The largest absolute Gasteiger partial charge is 0.493 e. The molecule has 0 bridgehead atoms. The third-order valence-corrected chi connectivity index (χ3v) is 4.12. The molecular weight excluding hydrogens is 374 g/mol. The number of amides is 1. The topological polar surface area (TPSA) is 47.6 Å². The highest BCUT2D eigenvalue weighted by Crippen LogP contribution is 2.38. The lowest BCUT2D eigenvalue weighted by atomic mass is 10.1. The van der Waals surface area contributed by atoms with Crippen molar-refractivity contribution in [1.29, 1.82) is 0 Å². The van der Waals surface area contributed by atoms with Crippen molar-refractivity contribution < 1.29 is 14.3 Å². The number of thioether (sulfide) groups is 1. The smallest absolute Gasteiger partial charge is 0.263 e. The van der Waals surface area contributed by atoms with Gasteiger partial charge >= 0.3 is 0 Å². The number of hydrogen-bond donors (Lipinski definition) is 1. The minimum atomic E-state index is -0.230. The van der Waals surface area contributed by atoms with Gasteiger partial charge in [-0.1, -0.05) is 45.8 Å². The van der Waals surface area contributed by atoms with Crippen LogP contribution in [0.15, 0.2) is 21.5 Å². The van der Waals surface area contributed by atoms with Crippen LogP contribution in [-0.2, 0) is 4.79 Å². The summed E-state index contributed by atoms with van der Waals surface area (Å²) >= 11 is 9.56. The number of carbonyl (C=O) groups is 1. The van der Waals surface area contributed by atoms with Gasteiger partial charge in [-0.2, -0.15) is 0 Å². The molecule has 1 aromatic carbocycles. The molecule has 1 fully saturated rings. The van der Waals surface area contributed by atoms with E-state index in [4.69, 9.17) is 28.1 Å². The highest BCUT2D eigenvalue weighted by molar-refractivity contribution is 9.10. The normalized spacial score (nSPS) is 15.8. The molecular formula is C14H10BrNO3S2. The van der Waals surface area contributed by atoms with Crippen LogP contribution in [0.4, 0.5) is 0 Å². The number of carbonyl (C=O) groups excluding carboxylic acids is 1. The summed E-state index contributed by atoms with van der Waals surface area (Å²) in [6.07, 6.45) is 6.92. The zero-order valence-corrected chi connectivity index (χ0v) is 14.2. The number of terminal acetylenes is 1.